The number of pyridine rings is 1. The van der Waals surface area contributed by atoms with Crippen molar-refractivity contribution in [2.45, 2.75) is 32.4 Å². The van der Waals surface area contributed by atoms with Gasteiger partial charge < -0.3 is 15.4 Å². The summed E-state index contributed by atoms with van der Waals surface area (Å²) in [7, 11) is 0. The standard InChI is InChI=1S/C18H21N3O2/c1-13-10-17(19)20-11-15(13)16-8-5-9-21(16)18(22)23-12-14-6-3-2-4-7-14/h2-4,6-7,10-11,16H,5,8-9,12H2,1H3,(H2,19,20)/t16-/m0/s1. The number of aryl methyl sites for hydroxylation is 1. The predicted octanol–water partition coefficient (Wildman–Crippen LogP) is 3.45. The summed E-state index contributed by atoms with van der Waals surface area (Å²) in [4.78, 5) is 18.4. The van der Waals surface area contributed by atoms with Gasteiger partial charge in [0.2, 0.25) is 0 Å². The highest BCUT2D eigenvalue weighted by atomic mass is 16.6. The van der Waals surface area contributed by atoms with Crippen molar-refractivity contribution in [3.63, 3.8) is 0 Å². The average Bonchev–Trinajstić information content (AvgIpc) is 3.03. The summed E-state index contributed by atoms with van der Waals surface area (Å²) in [6.45, 7) is 3.00. The van der Waals surface area contributed by atoms with Crippen molar-refractivity contribution in [2.24, 2.45) is 0 Å². The molecule has 1 atom stereocenters. The van der Waals surface area contributed by atoms with Crippen molar-refractivity contribution in [2.75, 3.05) is 12.3 Å². The molecule has 1 aromatic carbocycles. The third-order valence-corrected chi connectivity index (χ3v) is 4.22. The third-order valence-electron chi connectivity index (χ3n) is 4.22. The van der Waals surface area contributed by atoms with E-state index >= 15 is 0 Å². The molecule has 1 amide bonds. The van der Waals surface area contributed by atoms with E-state index in [1.165, 1.54) is 0 Å². The fourth-order valence-corrected chi connectivity index (χ4v) is 3.05. The molecule has 3 rings (SSSR count). The first-order valence-electron chi connectivity index (χ1n) is 7.84. The highest BCUT2D eigenvalue weighted by molar-refractivity contribution is 5.69. The van der Waals surface area contributed by atoms with Crippen LogP contribution in [0.15, 0.2) is 42.6 Å². The zero-order chi connectivity index (χ0) is 16.2. The van der Waals surface area contributed by atoms with Crippen LogP contribution in [0.25, 0.3) is 0 Å². The lowest BCUT2D eigenvalue weighted by atomic mass is 10.0. The zero-order valence-corrected chi connectivity index (χ0v) is 13.2. The fraction of sp³-hybridized carbons (Fsp3) is 0.333. The molecule has 2 heterocycles. The Bertz CT molecular complexity index is 688. The van der Waals surface area contributed by atoms with Crippen molar-refractivity contribution >= 4 is 11.9 Å². The summed E-state index contributed by atoms with van der Waals surface area (Å²) in [5.74, 6) is 0.502. The van der Waals surface area contributed by atoms with Crippen molar-refractivity contribution in [3.05, 3.63) is 59.3 Å². The minimum Gasteiger partial charge on any atom is -0.445 e. The molecular weight excluding hydrogens is 290 g/mol. The number of nitrogen functional groups attached to an aromatic ring is 1. The summed E-state index contributed by atoms with van der Waals surface area (Å²) in [6, 6.07) is 11.6. The molecule has 0 saturated carbocycles. The first kappa shape index (κ1) is 15.3. The Kier molecular flexibility index (Phi) is 4.46. The maximum atomic E-state index is 12.4. The lowest BCUT2D eigenvalue weighted by molar-refractivity contribution is 0.0919. The first-order valence-corrected chi connectivity index (χ1v) is 7.84. The normalized spacial score (nSPS) is 17.3. The second-order valence-electron chi connectivity index (χ2n) is 5.86. The van der Waals surface area contributed by atoms with Crippen molar-refractivity contribution < 1.29 is 9.53 Å². The topological polar surface area (TPSA) is 68.5 Å². The molecule has 2 N–H and O–H groups in total. The van der Waals surface area contributed by atoms with Gasteiger partial charge in [0.1, 0.15) is 12.4 Å². The van der Waals surface area contributed by atoms with Crippen LogP contribution in [-0.2, 0) is 11.3 Å². The summed E-state index contributed by atoms with van der Waals surface area (Å²) >= 11 is 0. The second kappa shape index (κ2) is 6.69. The molecule has 0 spiro atoms. The molecule has 1 fully saturated rings. The monoisotopic (exact) mass is 311 g/mol. The number of hydrogen-bond acceptors (Lipinski definition) is 4. The van der Waals surface area contributed by atoms with E-state index in [9.17, 15) is 4.79 Å². The number of amides is 1. The molecule has 1 aliphatic heterocycles. The highest BCUT2D eigenvalue weighted by Gasteiger charge is 2.32. The number of ether oxygens (including phenoxy) is 1. The first-order chi connectivity index (χ1) is 11.1. The molecule has 5 heteroatoms. The Morgan fingerprint density at radius 2 is 2.17 bits per heavy atom. The van der Waals surface area contributed by atoms with Gasteiger partial charge in [0, 0.05) is 12.7 Å². The van der Waals surface area contributed by atoms with Gasteiger partial charge in [0.25, 0.3) is 0 Å². The number of benzene rings is 1. The number of likely N-dealkylation sites (tertiary alicyclic amines) is 1. The van der Waals surface area contributed by atoms with Crippen LogP contribution >= 0.6 is 0 Å². The summed E-state index contributed by atoms with van der Waals surface area (Å²) in [5.41, 5.74) is 8.81. The predicted molar refractivity (Wildman–Crippen MR) is 88.7 cm³/mol. The van der Waals surface area contributed by atoms with Gasteiger partial charge in [-0.15, -0.1) is 0 Å². The summed E-state index contributed by atoms with van der Waals surface area (Å²) in [5, 5.41) is 0. The van der Waals surface area contributed by atoms with E-state index in [-0.39, 0.29) is 12.1 Å². The Hall–Kier alpha value is -2.56. The average molecular weight is 311 g/mol. The van der Waals surface area contributed by atoms with Crippen molar-refractivity contribution in [3.8, 4) is 0 Å². The Balaban J connectivity index is 1.69. The molecule has 0 radical (unpaired) electrons. The number of rotatable bonds is 3. The largest absolute Gasteiger partial charge is 0.445 e. The van der Waals surface area contributed by atoms with Crippen molar-refractivity contribution in [1.82, 2.24) is 9.88 Å². The van der Waals surface area contributed by atoms with E-state index in [1.807, 2.05) is 43.3 Å². The van der Waals surface area contributed by atoms with E-state index < -0.39 is 0 Å². The van der Waals surface area contributed by atoms with E-state index in [0.717, 1.165) is 29.5 Å². The van der Waals surface area contributed by atoms with Crippen LogP contribution in [0.4, 0.5) is 10.6 Å². The second-order valence-corrected chi connectivity index (χ2v) is 5.86. The molecular formula is C18H21N3O2. The van der Waals surface area contributed by atoms with Gasteiger partial charge in [-0.05, 0) is 42.5 Å². The number of hydrogen-bond donors (Lipinski definition) is 1. The third kappa shape index (κ3) is 3.44. The zero-order valence-electron chi connectivity index (χ0n) is 13.2. The van der Waals surface area contributed by atoms with Gasteiger partial charge in [-0.25, -0.2) is 9.78 Å². The van der Waals surface area contributed by atoms with Gasteiger partial charge in [-0.3, -0.25) is 0 Å². The van der Waals surface area contributed by atoms with Crippen LogP contribution in [0.1, 0.15) is 35.6 Å². The molecule has 0 aliphatic carbocycles. The van der Waals surface area contributed by atoms with Gasteiger partial charge in [-0.2, -0.15) is 0 Å². The number of nitrogens with zero attached hydrogens (tertiary/aromatic N) is 2. The minimum absolute atomic E-state index is 0.0198. The van der Waals surface area contributed by atoms with E-state index in [2.05, 4.69) is 4.98 Å². The molecule has 1 saturated heterocycles. The quantitative estimate of drug-likeness (QED) is 0.942. The van der Waals surface area contributed by atoms with Crippen LogP contribution in [0.5, 0.6) is 0 Å². The minimum atomic E-state index is -0.271. The van der Waals surface area contributed by atoms with Crippen LogP contribution in [0, 0.1) is 6.92 Å². The van der Waals surface area contributed by atoms with Crippen molar-refractivity contribution in [1.29, 1.82) is 0 Å². The van der Waals surface area contributed by atoms with E-state index in [4.69, 9.17) is 10.5 Å². The molecule has 23 heavy (non-hydrogen) atoms. The highest BCUT2D eigenvalue weighted by Crippen LogP contribution is 2.34. The smallest absolute Gasteiger partial charge is 0.410 e. The van der Waals surface area contributed by atoms with E-state index in [1.54, 1.807) is 11.1 Å². The summed E-state index contributed by atoms with van der Waals surface area (Å²) < 4.78 is 5.47. The van der Waals surface area contributed by atoms with Gasteiger partial charge >= 0.3 is 6.09 Å². The lowest BCUT2D eigenvalue weighted by Gasteiger charge is -2.25. The number of carbonyl (C=O) groups is 1. The number of anilines is 1. The van der Waals surface area contributed by atoms with Gasteiger partial charge in [0.15, 0.2) is 0 Å². The number of nitrogens with two attached hydrogens (primary N) is 1. The maximum Gasteiger partial charge on any atom is 0.410 e. The van der Waals surface area contributed by atoms with Gasteiger partial charge in [-0.1, -0.05) is 30.3 Å². The molecule has 0 bridgehead atoms. The lowest BCUT2D eigenvalue weighted by Crippen LogP contribution is -2.31. The van der Waals surface area contributed by atoms with Crippen LogP contribution in [0.2, 0.25) is 0 Å². The SMILES string of the molecule is Cc1cc(N)ncc1[C@@H]1CCCN1C(=O)OCc1ccccc1. The molecule has 1 aromatic heterocycles. The Morgan fingerprint density at radius 3 is 2.91 bits per heavy atom. The molecule has 1 aliphatic rings. The van der Waals surface area contributed by atoms with Crippen LogP contribution in [0.3, 0.4) is 0 Å². The Morgan fingerprint density at radius 1 is 1.39 bits per heavy atom. The number of carbonyl (C=O) groups excluding carboxylic acids is 1. The molecule has 120 valence electrons. The Labute approximate surface area is 136 Å². The molecule has 0 unspecified atom stereocenters. The van der Waals surface area contributed by atoms with Gasteiger partial charge in [0.05, 0.1) is 6.04 Å². The van der Waals surface area contributed by atoms with E-state index in [0.29, 0.717) is 19.0 Å². The summed E-state index contributed by atoms with van der Waals surface area (Å²) in [6.07, 6.45) is 3.40. The van der Waals surface area contributed by atoms with Crippen LogP contribution in [-0.4, -0.2) is 22.5 Å². The van der Waals surface area contributed by atoms with Crippen LogP contribution < -0.4 is 5.73 Å². The number of aromatic nitrogens is 1. The maximum absolute atomic E-state index is 12.4. The fourth-order valence-electron chi connectivity index (χ4n) is 3.05. The molecule has 2 aromatic rings. The molecule has 5 nitrogen and oxygen atoms in total.